The maximum atomic E-state index is 12.8. The fourth-order valence-electron chi connectivity index (χ4n) is 4.27. The van der Waals surface area contributed by atoms with E-state index in [2.05, 4.69) is 20.6 Å². The first-order chi connectivity index (χ1) is 17.0. The third-order valence-electron chi connectivity index (χ3n) is 5.96. The number of nitrogens with one attached hydrogen (secondary N) is 3. The Balaban J connectivity index is 1.44. The van der Waals surface area contributed by atoms with Crippen LogP contribution in [0, 0.1) is 0 Å². The van der Waals surface area contributed by atoms with Gasteiger partial charge in [0.2, 0.25) is 5.91 Å². The number of carbonyl (C=O) groups is 3. The number of aliphatic carboxylic acids is 1. The number of rotatable bonds is 10. The number of H-pyrrole nitrogens is 1. The van der Waals surface area contributed by atoms with Crippen molar-refractivity contribution in [3.05, 3.63) is 77.9 Å². The van der Waals surface area contributed by atoms with Gasteiger partial charge in [-0.1, -0.05) is 48.5 Å². The van der Waals surface area contributed by atoms with E-state index in [1.165, 1.54) is 12.5 Å². The third-order valence-corrected chi connectivity index (χ3v) is 5.96. The lowest BCUT2D eigenvalue weighted by Crippen LogP contribution is -2.52. The zero-order valence-corrected chi connectivity index (χ0v) is 18.8. The van der Waals surface area contributed by atoms with E-state index in [4.69, 9.17) is 9.84 Å². The van der Waals surface area contributed by atoms with Gasteiger partial charge in [0.05, 0.1) is 6.33 Å². The molecular formula is C25H26N4O6. The summed E-state index contributed by atoms with van der Waals surface area (Å²) in [5.41, 5.74) is 4.87. The Morgan fingerprint density at radius 2 is 1.66 bits per heavy atom. The van der Waals surface area contributed by atoms with Crippen LogP contribution in [0.25, 0.3) is 11.1 Å². The smallest absolute Gasteiger partial charge is 0.407 e. The Hall–Kier alpha value is -4.18. The van der Waals surface area contributed by atoms with Gasteiger partial charge in [0.1, 0.15) is 18.7 Å². The van der Waals surface area contributed by atoms with Crippen molar-refractivity contribution in [3.8, 4) is 11.1 Å². The normalized spacial score (nSPS) is 13.9. The van der Waals surface area contributed by atoms with E-state index in [0.29, 0.717) is 5.69 Å². The summed E-state index contributed by atoms with van der Waals surface area (Å²) in [7, 11) is 0. The van der Waals surface area contributed by atoms with E-state index in [1.54, 1.807) is 0 Å². The molecule has 1 heterocycles. The number of hydrogen-bond donors (Lipinski definition) is 5. The second-order valence-electron chi connectivity index (χ2n) is 8.22. The minimum absolute atomic E-state index is 0.0431. The van der Waals surface area contributed by atoms with Crippen molar-refractivity contribution in [3.63, 3.8) is 0 Å². The summed E-state index contributed by atoms with van der Waals surface area (Å²) < 4.78 is 5.53. The molecular weight excluding hydrogens is 452 g/mol. The number of imidazole rings is 1. The maximum Gasteiger partial charge on any atom is 0.407 e. The zero-order chi connectivity index (χ0) is 24.8. The summed E-state index contributed by atoms with van der Waals surface area (Å²) >= 11 is 0. The molecule has 0 aliphatic heterocycles. The second kappa shape index (κ2) is 10.8. The number of fused-ring (bicyclic) bond motifs is 3. The van der Waals surface area contributed by atoms with Crippen LogP contribution in [-0.4, -0.2) is 63.4 Å². The Kier molecular flexibility index (Phi) is 7.41. The van der Waals surface area contributed by atoms with Gasteiger partial charge in [-0.2, -0.15) is 0 Å². The largest absolute Gasteiger partial charge is 0.480 e. The van der Waals surface area contributed by atoms with E-state index in [0.717, 1.165) is 22.3 Å². The van der Waals surface area contributed by atoms with Crippen LogP contribution in [0.3, 0.4) is 0 Å². The van der Waals surface area contributed by atoms with Crippen LogP contribution < -0.4 is 10.6 Å². The lowest BCUT2D eigenvalue weighted by atomic mass is 9.98. The van der Waals surface area contributed by atoms with Crippen molar-refractivity contribution < 1.29 is 29.3 Å². The Bertz CT molecular complexity index is 1150. The molecule has 4 rings (SSSR count). The zero-order valence-electron chi connectivity index (χ0n) is 18.8. The van der Waals surface area contributed by atoms with Gasteiger partial charge in [-0.3, -0.25) is 4.79 Å². The SMILES string of the molecule is O=C(N[C@H](Cc1cnc[nH]1)C(=O)NC(CCO)C(=O)O)OCC1c2ccccc2-c2ccccc21. The molecule has 0 radical (unpaired) electrons. The van der Waals surface area contributed by atoms with Crippen molar-refractivity contribution in [2.45, 2.75) is 30.8 Å². The third kappa shape index (κ3) is 5.49. The number of benzene rings is 2. The predicted molar refractivity (Wildman–Crippen MR) is 126 cm³/mol. The van der Waals surface area contributed by atoms with E-state index in [-0.39, 0.29) is 25.4 Å². The van der Waals surface area contributed by atoms with Gasteiger partial charge >= 0.3 is 12.1 Å². The van der Waals surface area contributed by atoms with Crippen molar-refractivity contribution in [1.29, 1.82) is 0 Å². The topological polar surface area (TPSA) is 154 Å². The molecule has 5 N–H and O–H groups in total. The molecule has 0 spiro atoms. The average Bonchev–Trinajstić information content (AvgIpc) is 3.48. The summed E-state index contributed by atoms with van der Waals surface area (Å²) in [6, 6.07) is 13.5. The van der Waals surface area contributed by atoms with E-state index < -0.39 is 36.7 Å². The number of aromatic amines is 1. The van der Waals surface area contributed by atoms with E-state index >= 15 is 0 Å². The fourth-order valence-corrected chi connectivity index (χ4v) is 4.27. The number of aliphatic hydroxyl groups excluding tert-OH is 1. The van der Waals surface area contributed by atoms with Crippen molar-refractivity contribution >= 4 is 18.0 Å². The first-order valence-corrected chi connectivity index (χ1v) is 11.2. The molecule has 0 fully saturated rings. The molecule has 35 heavy (non-hydrogen) atoms. The highest BCUT2D eigenvalue weighted by atomic mass is 16.5. The molecule has 182 valence electrons. The van der Waals surface area contributed by atoms with Crippen LogP contribution in [0.1, 0.15) is 29.2 Å². The number of amides is 2. The monoisotopic (exact) mass is 478 g/mol. The van der Waals surface area contributed by atoms with Crippen LogP contribution in [0.2, 0.25) is 0 Å². The summed E-state index contributed by atoms with van der Waals surface area (Å²) in [6.45, 7) is -0.344. The molecule has 10 heteroatoms. The van der Waals surface area contributed by atoms with Gasteiger partial charge in [0, 0.05) is 37.3 Å². The number of carboxylic acids is 1. The van der Waals surface area contributed by atoms with Crippen molar-refractivity contribution in [2.75, 3.05) is 13.2 Å². The lowest BCUT2D eigenvalue weighted by Gasteiger charge is -2.21. The summed E-state index contributed by atoms with van der Waals surface area (Å²) in [5, 5.41) is 23.3. The lowest BCUT2D eigenvalue weighted by molar-refractivity contribution is -0.142. The average molecular weight is 479 g/mol. The van der Waals surface area contributed by atoms with Gasteiger partial charge < -0.3 is 30.6 Å². The standard InChI is InChI=1S/C25H26N4O6/c30-10-9-21(24(32)33)28-23(31)22(11-15-12-26-14-27-15)29-25(34)35-13-20-18-7-3-1-5-16(18)17-6-2-4-8-19(17)20/h1-8,12,14,20-22,30H,9-11,13H2,(H,26,27)(H,28,31)(H,29,34)(H,32,33)/t21?,22-/m1/s1. The molecule has 0 saturated heterocycles. The van der Waals surface area contributed by atoms with Crippen molar-refractivity contribution in [1.82, 2.24) is 20.6 Å². The number of carbonyl (C=O) groups excluding carboxylic acids is 2. The number of aliphatic hydroxyl groups is 1. The molecule has 1 aliphatic rings. The molecule has 2 aromatic carbocycles. The van der Waals surface area contributed by atoms with E-state index in [9.17, 15) is 19.5 Å². The molecule has 0 bridgehead atoms. The van der Waals surface area contributed by atoms with Crippen LogP contribution >= 0.6 is 0 Å². The van der Waals surface area contributed by atoms with Crippen LogP contribution in [-0.2, 0) is 20.7 Å². The number of ether oxygens (including phenoxy) is 1. The van der Waals surface area contributed by atoms with Crippen molar-refractivity contribution in [2.24, 2.45) is 0 Å². The fraction of sp³-hybridized carbons (Fsp3) is 0.280. The first-order valence-electron chi connectivity index (χ1n) is 11.2. The quantitative estimate of drug-likeness (QED) is 0.298. The number of alkyl carbamates (subject to hydrolysis) is 1. The molecule has 1 aromatic heterocycles. The number of carboxylic acid groups (broad SMARTS) is 1. The molecule has 1 aliphatic carbocycles. The number of nitrogens with zero attached hydrogens (tertiary/aromatic N) is 1. The number of hydrogen-bond acceptors (Lipinski definition) is 6. The van der Waals surface area contributed by atoms with Gasteiger partial charge in [-0.15, -0.1) is 0 Å². The molecule has 2 atom stereocenters. The maximum absolute atomic E-state index is 12.8. The molecule has 0 saturated carbocycles. The molecule has 3 aromatic rings. The van der Waals surface area contributed by atoms with Crippen LogP contribution in [0.15, 0.2) is 61.1 Å². The van der Waals surface area contributed by atoms with Gasteiger partial charge in [-0.25, -0.2) is 14.6 Å². The summed E-state index contributed by atoms with van der Waals surface area (Å²) in [5.74, 6) is -2.14. The minimum Gasteiger partial charge on any atom is -0.480 e. The summed E-state index contributed by atoms with van der Waals surface area (Å²) in [6.07, 6.45) is 2.01. The van der Waals surface area contributed by atoms with E-state index in [1.807, 2.05) is 48.5 Å². The Morgan fingerprint density at radius 1 is 1.00 bits per heavy atom. The highest BCUT2D eigenvalue weighted by molar-refractivity contribution is 5.89. The predicted octanol–water partition coefficient (Wildman–Crippen LogP) is 1.81. The number of aromatic nitrogens is 2. The first kappa shape index (κ1) is 24.0. The molecule has 2 amide bonds. The second-order valence-corrected chi connectivity index (χ2v) is 8.22. The molecule has 10 nitrogen and oxygen atoms in total. The Morgan fingerprint density at radius 3 is 2.23 bits per heavy atom. The van der Waals surface area contributed by atoms with Gasteiger partial charge in [-0.05, 0) is 22.3 Å². The highest BCUT2D eigenvalue weighted by Gasteiger charge is 2.31. The summed E-state index contributed by atoms with van der Waals surface area (Å²) in [4.78, 5) is 43.7. The van der Waals surface area contributed by atoms with Gasteiger partial charge in [0.25, 0.3) is 0 Å². The van der Waals surface area contributed by atoms with Gasteiger partial charge in [0.15, 0.2) is 0 Å². The minimum atomic E-state index is -1.29. The molecule has 1 unspecified atom stereocenters. The van der Waals surface area contributed by atoms with Crippen LogP contribution in [0.5, 0.6) is 0 Å². The van der Waals surface area contributed by atoms with Crippen LogP contribution in [0.4, 0.5) is 4.79 Å². The highest BCUT2D eigenvalue weighted by Crippen LogP contribution is 2.44. The Labute approximate surface area is 201 Å².